The van der Waals surface area contributed by atoms with Gasteiger partial charge in [-0.2, -0.15) is 0 Å². The normalized spacial score (nSPS) is 10.6. The molecule has 18 heavy (non-hydrogen) atoms. The fourth-order valence-electron chi connectivity index (χ4n) is 1.63. The molecule has 94 valence electrons. The molecule has 0 aliphatic heterocycles. The van der Waals surface area contributed by atoms with E-state index < -0.39 is 7.12 Å². The van der Waals surface area contributed by atoms with Crippen molar-refractivity contribution in [2.75, 3.05) is 0 Å². The van der Waals surface area contributed by atoms with Crippen LogP contribution in [0.25, 0.3) is 11.5 Å². The maximum Gasteiger partial charge on any atom is 0.488 e. The zero-order valence-corrected chi connectivity index (χ0v) is 10.2. The number of aryl methyl sites for hydroxylation is 1. The first-order valence-electron chi connectivity index (χ1n) is 5.99. The summed E-state index contributed by atoms with van der Waals surface area (Å²) in [5, 5.41) is 26.1. The highest BCUT2D eigenvalue weighted by Gasteiger charge is 2.14. The van der Waals surface area contributed by atoms with Crippen LogP contribution >= 0.6 is 0 Å². The number of rotatable bonds is 5. The summed E-state index contributed by atoms with van der Waals surface area (Å²) in [6.45, 7) is 2.10. The Hall–Kier alpha value is -1.66. The molecule has 1 aromatic carbocycles. The van der Waals surface area contributed by atoms with Crippen molar-refractivity contribution in [2.45, 2.75) is 26.2 Å². The number of aromatic nitrogens is 2. The minimum absolute atomic E-state index is 0.404. The van der Waals surface area contributed by atoms with E-state index in [1.54, 1.807) is 24.3 Å². The summed E-state index contributed by atoms with van der Waals surface area (Å²) in [5.41, 5.74) is 1.09. The largest absolute Gasteiger partial charge is 0.488 e. The Kier molecular flexibility index (Phi) is 4.12. The lowest BCUT2D eigenvalue weighted by atomic mass is 9.80. The fraction of sp³-hybridized carbons (Fsp3) is 0.333. The van der Waals surface area contributed by atoms with Crippen molar-refractivity contribution in [3.63, 3.8) is 0 Å². The Balaban J connectivity index is 2.20. The second kappa shape index (κ2) is 5.79. The maximum absolute atomic E-state index is 9.11. The van der Waals surface area contributed by atoms with E-state index in [-0.39, 0.29) is 0 Å². The molecule has 0 spiro atoms. The predicted molar refractivity (Wildman–Crippen MR) is 68.2 cm³/mol. The molecular weight excluding hydrogens is 231 g/mol. The summed E-state index contributed by atoms with van der Waals surface area (Å²) in [7, 11) is -1.49. The highest BCUT2D eigenvalue weighted by molar-refractivity contribution is 6.58. The monoisotopic (exact) mass is 246 g/mol. The molecule has 0 amide bonds. The summed E-state index contributed by atoms with van der Waals surface area (Å²) in [4.78, 5) is 0. The van der Waals surface area contributed by atoms with Gasteiger partial charge in [0.15, 0.2) is 0 Å². The Bertz CT molecular complexity index is 514. The molecule has 6 heteroatoms. The van der Waals surface area contributed by atoms with Crippen molar-refractivity contribution in [3.8, 4) is 11.5 Å². The average Bonchev–Trinajstić information content (AvgIpc) is 2.85. The van der Waals surface area contributed by atoms with Gasteiger partial charge in [0.05, 0.1) is 0 Å². The minimum Gasteiger partial charge on any atom is -0.423 e. The van der Waals surface area contributed by atoms with Crippen LogP contribution in [-0.4, -0.2) is 27.4 Å². The molecule has 0 atom stereocenters. The zero-order valence-electron chi connectivity index (χ0n) is 10.2. The van der Waals surface area contributed by atoms with Gasteiger partial charge >= 0.3 is 7.12 Å². The lowest BCUT2D eigenvalue weighted by Gasteiger charge is -2.00. The van der Waals surface area contributed by atoms with Gasteiger partial charge in [-0.1, -0.05) is 25.5 Å². The zero-order chi connectivity index (χ0) is 13.0. The van der Waals surface area contributed by atoms with Gasteiger partial charge in [0.2, 0.25) is 11.8 Å². The molecule has 0 aliphatic rings. The molecule has 2 aromatic rings. The quantitative estimate of drug-likeness (QED) is 0.761. The van der Waals surface area contributed by atoms with E-state index in [4.69, 9.17) is 14.5 Å². The van der Waals surface area contributed by atoms with Crippen molar-refractivity contribution >= 4 is 12.6 Å². The second-order valence-corrected chi connectivity index (χ2v) is 4.10. The van der Waals surface area contributed by atoms with Gasteiger partial charge in [-0.3, -0.25) is 0 Å². The van der Waals surface area contributed by atoms with Gasteiger partial charge in [0.25, 0.3) is 0 Å². The van der Waals surface area contributed by atoms with E-state index in [0.717, 1.165) is 19.3 Å². The van der Waals surface area contributed by atoms with Crippen LogP contribution in [0.2, 0.25) is 0 Å². The van der Waals surface area contributed by atoms with Crippen LogP contribution in [0, 0.1) is 0 Å². The van der Waals surface area contributed by atoms with E-state index in [1.807, 2.05) is 0 Å². The highest BCUT2D eigenvalue weighted by Crippen LogP contribution is 2.17. The molecule has 0 radical (unpaired) electrons. The Labute approximate surface area is 106 Å². The molecule has 0 saturated carbocycles. The average molecular weight is 246 g/mol. The van der Waals surface area contributed by atoms with Crippen LogP contribution in [0.5, 0.6) is 0 Å². The van der Waals surface area contributed by atoms with E-state index in [0.29, 0.717) is 22.8 Å². The Morgan fingerprint density at radius 2 is 2.11 bits per heavy atom. The number of nitrogens with zero attached hydrogens (tertiary/aromatic N) is 2. The molecule has 0 fully saturated rings. The first-order chi connectivity index (χ1) is 8.70. The Morgan fingerprint density at radius 1 is 1.28 bits per heavy atom. The second-order valence-electron chi connectivity index (χ2n) is 4.10. The summed E-state index contributed by atoms with van der Waals surface area (Å²) >= 11 is 0. The first kappa shape index (κ1) is 12.8. The summed E-state index contributed by atoms with van der Waals surface area (Å²) in [6.07, 6.45) is 2.85. The van der Waals surface area contributed by atoms with Gasteiger partial charge in [-0.15, -0.1) is 10.2 Å². The highest BCUT2D eigenvalue weighted by atomic mass is 16.4. The number of hydrogen-bond acceptors (Lipinski definition) is 5. The van der Waals surface area contributed by atoms with Crippen LogP contribution < -0.4 is 5.46 Å². The molecule has 0 saturated heterocycles. The van der Waals surface area contributed by atoms with Crippen molar-refractivity contribution in [1.29, 1.82) is 0 Å². The molecule has 0 unspecified atom stereocenters. The van der Waals surface area contributed by atoms with Gasteiger partial charge in [-0.05, 0) is 24.0 Å². The minimum atomic E-state index is -1.49. The number of hydrogen-bond donors (Lipinski definition) is 2. The number of benzene rings is 1. The van der Waals surface area contributed by atoms with Gasteiger partial charge in [0, 0.05) is 12.0 Å². The van der Waals surface area contributed by atoms with E-state index in [9.17, 15) is 0 Å². The Morgan fingerprint density at radius 3 is 2.83 bits per heavy atom. The summed E-state index contributed by atoms with van der Waals surface area (Å²) < 4.78 is 5.52. The standard InChI is InChI=1S/C12H15BN2O3/c1-2-3-7-11-14-15-12(18-11)9-5-4-6-10(8-9)13(16)17/h4-6,8,16-17H,2-3,7H2,1H3. The van der Waals surface area contributed by atoms with Crippen molar-refractivity contribution < 1.29 is 14.5 Å². The van der Waals surface area contributed by atoms with E-state index >= 15 is 0 Å². The lowest BCUT2D eigenvalue weighted by molar-refractivity contribution is 0.426. The smallest absolute Gasteiger partial charge is 0.423 e. The van der Waals surface area contributed by atoms with Crippen LogP contribution in [0.15, 0.2) is 28.7 Å². The first-order valence-corrected chi connectivity index (χ1v) is 5.99. The topological polar surface area (TPSA) is 79.4 Å². The summed E-state index contributed by atoms with van der Waals surface area (Å²) in [5.74, 6) is 1.02. The molecule has 1 aromatic heterocycles. The SMILES string of the molecule is CCCCc1nnc(-c2cccc(B(O)O)c2)o1. The van der Waals surface area contributed by atoms with Gasteiger partial charge < -0.3 is 14.5 Å². The lowest BCUT2D eigenvalue weighted by Crippen LogP contribution is -2.29. The molecule has 2 N–H and O–H groups in total. The van der Waals surface area contributed by atoms with Crippen LogP contribution in [0.1, 0.15) is 25.7 Å². The van der Waals surface area contributed by atoms with Gasteiger partial charge in [0.1, 0.15) is 0 Å². The third-order valence-electron chi connectivity index (χ3n) is 2.64. The van der Waals surface area contributed by atoms with E-state index in [2.05, 4.69) is 17.1 Å². The van der Waals surface area contributed by atoms with Crippen molar-refractivity contribution in [1.82, 2.24) is 10.2 Å². The summed E-state index contributed by atoms with van der Waals surface area (Å²) in [6, 6.07) is 6.77. The molecule has 0 aliphatic carbocycles. The molecule has 0 bridgehead atoms. The van der Waals surface area contributed by atoms with Crippen molar-refractivity contribution in [3.05, 3.63) is 30.2 Å². The van der Waals surface area contributed by atoms with Crippen molar-refractivity contribution in [2.24, 2.45) is 0 Å². The fourth-order valence-corrected chi connectivity index (χ4v) is 1.63. The third kappa shape index (κ3) is 2.97. The van der Waals surface area contributed by atoms with Crippen LogP contribution in [0.4, 0.5) is 0 Å². The van der Waals surface area contributed by atoms with E-state index in [1.165, 1.54) is 0 Å². The molecule has 2 rings (SSSR count). The molecule has 5 nitrogen and oxygen atoms in total. The third-order valence-corrected chi connectivity index (χ3v) is 2.64. The predicted octanol–water partition coefficient (Wildman–Crippen LogP) is 0.759. The van der Waals surface area contributed by atoms with Crippen LogP contribution in [0.3, 0.4) is 0 Å². The molecular formula is C12H15BN2O3. The van der Waals surface area contributed by atoms with Gasteiger partial charge in [-0.25, -0.2) is 0 Å². The number of unbranched alkanes of at least 4 members (excludes halogenated alkanes) is 1. The maximum atomic E-state index is 9.11. The van der Waals surface area contributed by atoms with Crippen LogP contribution in [-0.2, 0) is 6.42 Å². The molecule has 1 heterocycles.